The summed E-state index contributed by atoms with van der Waals surface area (Å²) in [6, 6.07) is 7.15. The molecule has 2 N–H and O–H groups in total. The summed E-state index contributed by atoms with van der Waals surface area (Å²) in [4.78, 5) is 14.3. The van der Waals surface area contributed by atoms with Gasteiger partial charge in [0.2, 0.25) is 0 Å². The van der Waals surface area contributed by atoms with Crippen LogP contribution >= 0.6 is 24.8 Å². The summed E-state index contributed by atoms with van der Waals surface area (Å²) >= 11 is 0. The number of halogens is 2. The van der Waals surface area contributed by atoms with Crippen molar-refractivity contribution in [3.05, 3.63) is 29.8 Å². The highest BCUT2D eigenvalue weighted by Gasteiger charge is 2.10. The van der Waals surface area contributed by atoms with E-state index in [1.165, 1.54) is 0 Å². The maximum Gasteiger partial charge on any atom is 0.251 e. The van der Waals surface area contributed by atoms with E-state index in [9.17, 15) is 4.79 Å². The van der Waals surface area contributed by atoms with E-state index in [-0.39, 0.29) is 30.7 Å². The molecule has 5 nitrogen and oxygen atoms in total. The first kappa shape index (κ1) is 20.0. The Kier molecular flexibility index (Phi) is 10.2. The molecule has 21 heavy (non-hydrogen) atoms. The van der Waals surface area contributed by atoms with Crippen LogP contribution in [-0.4, -0.2) is 57.2 Å². The van der Waals surface area contributed by atoms with E-state index in [1.54, 1.807) is 31.4 Å². The fourth-order valence-corrected chi connectivity index (χ4v) is 2.11. The van der Waals surface area contributed by atoms with Crippen LogP contribution in [0.4, 0.5) is 0 Å². The molecule has 1 aromatic carbocycles. The van der Waals surface area contributed by atoms with E-state index < -0.39 is 0 Å². The molecule has 1 aromatic rings. The lowest BCUT2D eigenvalue weighted by atomic mass is 10.2. The van der Waals surface area contributed by atoms with Crippen LogP contribution in [0, 0.1) is 0 Å². The van der Waals surface area contributed by atoms with Gasteiger partial charge in [-0.25, -0.2) is 0 Å². The fraction of sp³-hybridized carbons (Fsp3) is 0.500. The molecule has 1 amide bonds. The lowest BCUT2D eigenvalue weighted by Crippen LogP contribution is -2.46. The zero-order valence-corrected chi connectivity index (χ0v) is 13.8. The molecule has 1 fully saturated rings. The number of hydrogen-bond acceptors (Lipinski definition) is 4. The summed E-state index contributed by atoms with van der Waals surface area (Å²) in [6.07, 6.45) is 0. The first-order valence-corrected chi connectivity index (χ1v) is 6.65. The number of carbonyl (C=O) groups is 1. The van der Waals surface area contributed by atoms with Crippen LogP contribution in [0.3, 0.4) is 0 Å². The van der Waals surface area contributed by atoms with Gasteiger partial charge in [0.05, 0.1) is 7.11 Å². The Morgan fingerprint density at radius 2 is 1.86 bits per heavy atom. The molecule has 1 aliphatic rings. The highest BCUT2D eigenvalue weighted by atomic mass is 35.5. The molecule has 0 bridgehead atoms. The second kappa shape index (κ2) is 10.7. The predicted molar refractivity (Wildman–Crippen MR) is 89.1 cm³/mol. The standard InChI is InChI=1S/C14H21N3O2.2ClH/c1-19-13-4-2-12(3-5-13)14(18)16-8-11-17-9-6-15-7-10-17;;/h2-5,15H,6-11H2,1H3,(H,16,18);2*1H. The van der Waals surface area contributed by atoms with Crippen LogP contribution < -0.4 is 15.4 Å². The minimum atomic E-state index is -0.0298. The van der Waals surface area contributed by atoms with Crippen molar-refractivity contribution >= 4 is 30.7 Å². The molecule has 0 atom stereocenters. The van der Waals surface area contributed by atoms with Gasteiger partial charge >= 0.3 is 0 Å². The Hall–Kier alpha value is -1.01. The molecular weight excluding hydrogens is 313 g/mol. The predicted octanol–water partition coefficient (Wildman–Crippen LogP) is 1.17. The largest absolute Gasteiger partial charge is 0.497 e. The number of rotatable bonds is 5. The number of ether oxygens (including phenoxy) is 1. The monoisotopic (exact) mass is 335 g/mol. The van der Waals surface area contributed by atoms with Crippen molar-refractivity contribution in [2.24, 2.45) is 0 Å². The highest BCUT2D eigenvalue weighted by Crippen LogP contribution is 2.10. The van der Waals surface area contributed by atoms with Gasteiger partial charge in [-0.15, -0.1) is 24.8 Å². The summed E-state index contributed by atoms with van der Waals surface area (Å²) in [5, 5.41) is 6.25. The molecule has 1 heterocycles. The van der Waals surface area contributed by atoms with Crippen molar-refractivity contribution in [1.82, 2.24) is 15.5 Å². The Balaban J connectivity index is 0.00000200. The van der Waals surface area contributed by atoms with Crippen LogP contribution in [0.15, 0.2) is 24.3 Å². The molecule has 7 heteroatoms. The molecular formula is C14H23Cl2N3O2. The normalized spacial score (nSPS) is 14.5. The van der Waals surface area contributed by atoms with Crippen molar-refractivity contribution in [3.8, 4) is 5.75 Å². The molecule has 0 radical (unpaired) electrons. The SMILES string of the molecule is COc1ccc(C(=O)NCCN2CCNCC2)cc1.Cl.Cl. The number of nitrogens with zero attached hydrogens (tertiary/aromatic N) is 1. The van der Waals surface area contributed by atoms with Crippen molar-refractivity contribution in [1.29, 1.82) is 0 Å². The highest BCUT2D eigenvalue weighted by molar-refractivity contribution is 5.94. The second-order valence-electron chi connectivity index (χ2n) is 4.58. The van der Waals surface area contributed by atoms with Gasteiger partial charge in [-0.3, -0.25) is 9.69 Å². The Labute approximate surface area is 138 Å². The zero-order valence-electron chi connectivity index (χ0n) is 12.1. The van der Waals surface area contributed by atoms with Crippen molar-refractivity contribution < 1.29 is 9.53 Å². The van der Waals surface area contributed by atoms with Gasteiger partial charge < -0.3 is 15.4 Å². The summed E-state index contributed by atoms with van der Waals surface area (Å²) in [5.74, 6) is 0.732. The average Bonchev–Trinajstić information content (AvgIpc) is 2.48. The smallest absolute Gasteiger partial charge is 0.251 e. The molecule has 0 unspecified atom stereocenters. The first-order valence-electron chi connectivity index (χ1n) is 6.65. The van der Waals surface area contributed by atoms with E-state index in [4.69, 9.17) is 4.74 Å². The lowest BCUT2D eigenvalue weighted by molar-refractivity contribution is 0.0947. The Bertz CT molecular complexity index is 409. The van der Waals surface area contributed by atoms with Gasteiger partial charge in [0.1, 0.15) is 5.75 Å². The van der Waals surface area contributed by atoms with Crippen molar-refractivity contribution in [2.75, 3.05) is 46.4 Å². The molecule has 1 aliphatic heterocycles. The number of carbonyl (C=O) groups excluding carboxylic acids is 1. The molecule has 1 saturated heterocycles. The third kappa shape index (κ3) is 6.52. The Morgan fingerprint density at radius 3 is 2.43 bits per heavy atom. The van der Waals surface area contributed by atoms with Gasteiger partial charge in [0.25, 0.3) is 5.91 Å². The average molecular weight is 336 g/mol. The van der Waals surface area contributed by atoms with Gasteiger partial charge in [0.15, 0.2) is 0 Å². The molecule has 0 aliphatic carbocycles. The Morgan fingerprint density at radius 1 is 1.24 bits per heavy atom. The van der Waals surface area contributed by atoms with E-state index in [0.717, 1.165) is 38.5 Å². The molecule has 0 saturated carbocycles. The quantitative estimate of drug-likeness (QED) is 0.848. The number of nitrogens with one attached hydrogen (secondary N) is 2. The minimum Gasteiger partial charge on any atom is -0.497 e. The maximum atomic E-state index is 11.9. The van der Waals surface area contributed by atoms with Crippen LogP contribution in [0.25, 0.3) is 0 Å². The molecule has 120 valence electrons. The van der Waals surface area contributed by atoms with Gasteiger partial charge in [0, 0.05) is 44.8 Å². The maximum absolute atomic E-state index is 11.9. The minimum absolute atomic E-state index is 0. The molecule has 0 spiro atoms. The van der Waals surface area contributed by atoms with E-state index in [1.807, 2.05) is 0 Å². The van der Waals surface area contributed by atoms with Crippen molar-refractivity contribution in [3.63, 3.8) is 0 Å². The summed E-state index contributed by atoms with van der Waals surface area (Å²) in [7, 11) is 1.61. The third-order valence-electron chi connectivity index (χ3n) is 3.28. The summed E-state index contributed by atoms with van der Waals surface area (Å²) < 4.78 is 5.07. The summed E-state index contributed by atoms with van der Waals surface area (Å²) in [6.45, 7) is 5.77. The van der Waals surface area contributed by atoms with Crippen LogP contribution in [-0.2, 0) is 0 Å². The molecule has 0 aromatic heterocycles. The fourth-order valence-electron chi connectivity index (χ4n) is 2.11. The zero-order chi connectivity index (χ0) is 13.5. The van der Waals surface area contributed by atoms with Crippen LogP contribution in [0.2, 0.25) is 0 Å². The van der Waals surface area contributed by atoms with E-state index in [0.29, 0.717) is 12.1 Å². The number of methoxy groups -OCH3 is 1. The van der Waals surface area contributed by atoms with E-state index in [2.05, 4.69) is 15.5 Å². The number of hydrogen-bond donors (Lipinski definition) is 2. The lowest BCUT2D eigenvalue weighted by Gasteiger charge is -2.27. The van der Waals surface area contributed by atoms with E-state index >= 15 is 0 Å². The topological polar surface area (TPSA) is 53.6 Å². The van der Waals surface area contributed by atoms with Gasteiger partial charge in [-0.05, 0) is 24.3 Å². The van der Waals surface area contributed by atoms with Crippen molar-refractivity contribution in [2.45, 2.75) is 0 Å². The third-order valence-corrected chi connectivity index (χ3v) is 3.28. The van der Waals surface area contributed by atoms with Gasteiger partial charge in [-0.2, -0.15) is 0 Å². The van der Waals surface area contributed by atoms with Crippen LogP contribution in [0.1, 0.15) is 10.4 Å². The second-order valence-corrected chi connectivity index (χ2v) is 4.58. The number of piperazine rings is 1. The first-order chi connectivity index (χ1) is 9.29. The number of benzene rings is 1. The number of amides is 1. The molecule has 2 rings (SSSR count). The van der Waals surface area contributed by atoms with Gasteiger partial charge in [-0.1, -0.05) is 0 Å². The van der Waals surface area contributed by atoms with Crippen LogP contribution in [0.5, 0.6) is 5.75 Å². The summed E-state index contributed by atoms with van der Waals surface area (Å²) in [5.41, 5.74) is 0.668.